The van der Waals surface area contributed by atoms with E-state index >= 15 is 0 Å². The molecule has 1 atom stereocenters. The Bertz CT molecular complexity index is 1540. The van der Waals surface area contributed by atoms with Crippen LogP contribution < -0.4 is 21.5 Å². The van der Waals surface area contributed by atoms with Crippen LogP contribution in [0, 0.1) is 0 Å². The first-order valence-corrected chi connectivity index (χ1v) is 15.8. The zero-order valence-electron chi connectivity index (χ0n) is 24.4. The van der Waals surface area contributed by atoms with Crippen molar-refractivity contribution < 1.29 is 27.5 Å². The van der Waals surface area contributed by atoms with E-state index in [9.17, 15) is 22.8 Å². The van der Waals surface area contributed by atoms with Gasteiger partial charge in [0.1, 0.15) is 12.6 Å². The van der Waals surface area contributed by atoms with Crippen LogP contribution >= 0.6 is 0 Å². The summed E-state index contributed by atoms with van der Waals surface area (Å²) < 4.78 is 35.1. The van der Waals surface area contributed by atoms with E-state index in [4.69, 9.17) is 16.2 Å². The molecule has 0 aromatic heterocycles. The number of benzene rings is 3. The minimum Gasteiger partial charge on any atom is -0.445 e. The van der Waals surface area contributed by atoms with Gasteiger partial charge in [0.25, 0.3) is 0 Å². The minimum absolute atomic E-state index is 0.0815. The number of nitrogens with zero attached hydrogens (tertiary/aromatic N) is 2. The van der Waals surface area contributed by atoms with E-state index in [2.05, 4.69) is 10.0 Å². The summed E-state index contributed by atoms with van der Waals surface area (Å²) in [6.07, 6.45) is -0.306. The van der Waals surface area contributed by atoms with E-state index < -0.39 is 28.1 Å². The Morgan fingerprint density at radius 1 is 0.818 bits per heavy atom. The van der Waals surface area contributed by atoms with E-state index in [0.29, 0.717) is 12.2 Å². The lowest BCUT2D eigenvalue weighted by Gasteiger charge is -2.36. The molecule has 4 rings (SSSR count). The highest BCUT2D eigenvalue weighted by Crippen LogP contribution is 2.19. The fourth-order valence-electron chi connectivity index (χ4n) is 4.79. The van der Waals surface area contributed by atoms with Crippen LogP contribution in [0.5, 0.6) is 0 Å². The summed E-state index contributed by atoms with van der Waals surface area (Å²) >= 11 is 0. The maximum atomic E-state index is 13.8. The molecule has 6 N–H and O–H groups in total. The van der Waals surface area contributed by atoms with E-state index in [0.717, 1.165) is 16.7 Å². The van der Waals surface area contributed by atoms with Crippen molar-refractivity contribution in [3.63, 3.8) is 0 Å². The topological polar surface area (TPSA) is 177 Å². The Balaban J connectivity index is 1.47. The first kappa shape index (κ1) is 32.6. The summed E-state index contributed by atoms with van der Waals surface area (Å²) in [6, 6.07) is 21.3. The first-order chi connectivity index (χ1) is 21.2. The Morgan fingerprint density at radius 3 is 2.18 bits per heavy atom. The summed E-state index contributed by atoms with van der Waals surface area (Å²) in [7, 11) is -4.19. The molecular formula is C31H38N6O6S. The van der Waals surface area contributed by atoms with Gasteiger partial charge in [0.2, 0.25) is 21.8 Å². The smallest absolute Gasteiger partial charge is 0.410 e. The summed E-state index contributed by atoms with van der Waals surface area (Å²) in [6.45, 7) is 1.50. The monoisotopic (exact) mass is 622 g/mol. The van der Waals surface area contributed by atoms with Crippen molar-refractivity contribution in [2.45, 2.75) is 36.9 Å². The van der Waals surface area contributed by atoms with Crippen molar-refractivity contribution in [3.05, 3.63) is 95.6 Å². The normalized spacial score (nSPS) is 14.1. The molecule has 1 aliphatic heterocycles. The van der Waals surface area contributed by atoms with Gasteiger partial charge in [-0.3, -0.25) is 9.59 Å². The summed E-state index contributed by atoms with van der Waals surface area (Å²) in [4.78, 5) is 41.4. The number of ether oxygens (including phenoxy) is 1. The van der Waals surface area contributed by atoms with Gasteiger partial charge in [-0.2, -0.15) is 4.72 Å². The molecule has 13 heteroatoms. The largest absolute Gasteiger partial charge is 0.445 e. The van der Waals surface area contributed by atoms with Gasteiger partial charge in [0.15, 0.2) is 0 Å². The number of hydrogen-bond acceptors (Lipinski definition) is 8. The number of carbonyl (C=O) groups excluding carboxylic acids is 3. The molecule has 1 aliphatic rings. The second-order valence-corrected chi connectivity index (χ2v) is 12.1. The number of nitrogens with one attached hydrogen (secondary N) is 2. The summed E-state index contributed by atoms with van der Waals surface area (Å²) in [5.41, 5.74) is 14.0. The second kappa shape index (κ2) is 15.4. The Labute approximate surface area is 257 Å². The van der Waals surface area contributed by atoms with Crippen LogP contribution in [0.25, 0.3) is 0 Å². The molecule has 3 aromatic rings. The minimum atomic E-state index is -4.19. The van der Waals surface area contributed by atoms with Crippen LogP contribution in [0.1, 0.15) is 23.1 Å². The van der Waals surface area contributed by atoms with Crippen LogP contribution in [0.15, 0.2) is 83.8 Å². The van der Waals surface area contributed by atoms with E-state index in [1.54, 1.807) is 17.0 Å². The molecule has 3 aromatic carbocycles. The molecule has 12 nitrogen and oxygen atoms in total. The van der Waals surface area contributed by atoms with Gasteiger partial charge in [-0.15, -0.1) is 0 Å². The summed E-state index contributed by atoms with van der Waals surface area (Å²) in [5.74, 6) is -0.762. The number of rotatable bonds is 12. The predicted octanol–water partition coefficient (Wildman–Crippen LogP) is 1.80. The van der Waals surface area contributed by atoms with Gasteiger partial charge < -0.3 is 31.3 Å². The van der Waals surface area contributed by atoms with Crippen molar-refractivity contribution in [2.24, 2.45) is 11.5 Å². The van der Waals surface area contributed by atoms with Gasteiger partial charge >= 0.3 is 6.09 Å². The van der Waals surface area contributed by atoms with Crippen LogP contribution in [-0.4, -0.2) is 74.9 Å². The third kappa shape index (κ3) is 9.10. The fourth-order valence-corrected chi connectivity index (χ4v) is 6.02. The van der Waals surface area contributed by atoms with Crippen molar-refractivity contribution in [2.75, 3.05) is 38.0 Å². The highest BCUT2D eigenvalue weighted by Gasteiger charge is 2.33. The lowest BCUT2D eigenvalue weighted by atomic mass is 10.0. The number of carbonyl (C=O) groups is 3. The molecule has 1 fully saturated rings. The molecular weight excluding hydrogens is 584 g/mol. The molecule has 0 spiro atoms. The van der Waals surface area contributed by atoms with Gasteiger partial charge in [0.05, 0.1) is 4.90 Å². The predicted molar refractivity (Wildman–Crippen MR) is 166 cm³/mol. The van der Waals surface area contributed by atoms with Crippen LogP contribution in [0.3, 0.4) is 0 Å². The van der Waals surface area contributed by atoms with Gasteiger partial charge in [-0.1, -0.05) is 60.7 Å². The number of anilines is 1. The molecule has 3 amide bonds. The molecule has 0 radical (unpaired) electrons. The Hall–Kier alpha value is -4.30. The van der Waals surface area contributed by atoms with Crippen LogP contribution in [-0.2, 0) is 43.9 Å². The average molecular weight is 623 g/mol. The van der Waals surface area contributed by atoms with Gasteiger partial charge in [0, 0.05) is 51.4 Å². The summed E-state index contributed by atoms with van der Waals surface area (Å²) in [5, 5.41) is 2.63. The Kier molecular flexibility index (Phi) is 11.4. The molecule has 44 heavy (non-hydrogen) atoms. The number of hydrogen-bond donors (Lipinski definition) is 4. The average Bonchev–Trinajstić information content (AvgIpc) is 3.04. The zero-order chi connectivity index (χ0) is 31.5. The standard InChI is InChI=1S/C31H38N6O6S/c32-13-12-29(38)34-26-10-5-11-27(20-26)44(41,42)35-28(19-24-8-4-9-25(18-24)21-33)30(39)36-14-16-37(17-15-36)31(40)43-22-23-6-2-1-3-7-23/h1-11,18,20,28,35H,12-17,19,21-22,32-33H2,(H,34,38)/t28-/m1/s1. The van der Waals surface area contributed by atoms with E-state index in [1.165, 1.54) is 23.1 Å². The quantitative estimate of drug-likeness (QED) is 0.236. The van der Waals surface area contributed by atoms with Gasteiger partial charge in [-0.05, 0) is 41.3 Å². The molecule has 0 aliphatic carbocycles. The highest BCUT2D eigenvalue weighted by atomic mass is 32.2. The van der Waals surface area contributed by atoms with E-state index in [-0.39, 0.29) is 63.0 Å². The van der Waals surface area contributed by atoms with Crippen LogP contribution in [0.4, 0.5) is 10.5 Å². The van der Waals surface area contributed by atoms with Crippen molar-refractivity contribution in [3.8, 4) is 0 Å². The van der Waals surface area contributed by atoms with Gasteiger partial charge in [-0.25, -0.2) is 13.2 Å². The molecule has 234 valence electrons. The SMILES string of the molecule is NCCC(=O)Nc1cccc(S(=O)(=O)N[C@H](Cc2cccc(CN)c2)C(=O)N2CCN(C(=O)OCc3ccccc3)CC2)c1. The number of nitrogens with two attached hydrogens (primary N) is 2. The molecule has 1 heterocycles. The molecule has 1 saturated heterocycles. The first-order valence-electron chi connectivity index (χ1n) is 14.3. The zero-order valence-corrected chi connectivity index (χ0v) is 25.2. The maximum Gasteiger partial charge on any atom is 0.410 e. The lowest BCUT2D eigenvalue weighted by Crippen LogP contribution is -2.56. The molecule has 0 unspecified atom stereocenters. The molecule has 0 saturated carbocycles. The third-order valence-electron chi connectivity index (χ3n) is 7.12. The van der Waals surface area contributed by atoms with Crippen molar-refractivity contribution in [1.29, 1.82) is 0 Å². The highest BCUT2D eigenvalue weighted by molar-refractivity contribution is 7.89. The lowest BCUT2D eigenvalue weighted by molar-refractivity contribution is -0.134. The number of sulfonamides is 1. The maximum absolute atomic E-state index is 13.8. The van der Waals surface area contributed by atoms with Crippen molar-refractivity contribution >= 4 is 33.6 Å². The Morgan fingerprint density at radius 2 is 1.48 bits per heavy atom. The van der Waals surface area contributed by atoms with Crippen LogP contribution in [0.2, 0.25) is 0 Å². The third-order valence-corrected chi connectivity index (χ3v) is 8.59. The number of amides is 3. The van der Waals surface area contributed by atoms with E-state index in [1.807, 2.05) is 48.5 Å². The van der Waals surface area contributed by atoms with Crippen molar-refractivity contribution in [1.82, 2.24) is 14.5 Å². The fraction of sp³-hybridized carbons (Fsp3) is 0.323. The number of piperazine rings is 1. The molecule has 0 bridgehead atoms. The second-order valence-electron chi connectivity index (χ2n) is 10.4.